The third-order valence-electron chi connectivity index (χ3n) is 7.64. The maximum Gasteiger partial charge on any atom is 0.289 e. The van der Waals surface area contributed by atoms with E-state index in [9.17, 15) is 9.90 Å². The third kappa shape index (κ3) is 4.21. The van der Waals surface area contributed by atoms with Gasteiger partial charge in [-0.1, -0.05) is 6.07 Å². The van der Waals surface area contributed by atoms with Crippen molar-refractivity contribution in [1.29, 1.82) is 0 Å². The van der Waals surface area contributed by atoms with E-state index in [1.165, 1.54) is 0 Å². The van der Waals surface area contributed by atoms with E-state index in [0.29, 0.717) is 68.0 Å². The second-order valence-corrected chi connectivity index (χ2v) is 10.4. The van der Waals surface area contributed by atoms with Gasteiger partial charge in [0, 0.05) is 45.6 Å². The second-order valence-electron chi connectivity index (χ2n) is 10.4. The van der Waals surface area contributed by atoms with Crippen LogP contribution < -0.4 is 4.90 Å². The molecule has 11 nitrogen and oxygen atoms in total. The number of hydrogen-bond acceptors (Lipinski definition) is 8. The zero-order valence-corrected chi connectivity index (χ0v) is 21.5. The minimum Gasteiger partial charge on any atom is -0.390 e. The van der Waals surface area contributed by atoms with Crippen molar-refractivity contribution in [2.24, 2.45) is 13.0 Å². The van der Waals surface area contributed by atoms with Crippen molar-refractivity contribution in [3.63, 3.8) is 0 Å². The van der Waals surface area contributed by atoms with Crippen LogP contribution in [0.3, 0.4) is 0 Å². The Hall–Kier alpha value is -3.57. The molecule has 0 aromatic carbocycles. The molecule has 1 amide bonds. The molecule has 2 aliphatic heterocycles. The molecule has 4 aromatic rings. The predicted octanol–water partition coefficient (Wildman–Crippen LogP) is 2.14. The van der Waals surface area contributed by atoms with E-state index in [2.05, 4.69) is 9.88 Å². The van der Waals surface area contributed by atoms with E-state index < -0.39 is 5.60 Å². The first kappa shape index (κ1) is 23.8. The fraction of sp³-hybridized carbons (Fsp3) is 0.500. The van der Waals surface area contributed by atoms with Gasteiger partial charge in [-0.2, -0.15) is 0 Å². The largest absolute Gasteiger partial charge is 0.390 e. The molecule has 11 heteroatoms. The molecule has 2 aliphatic rings. The summed E-state index contributed by atoms with van der Waals surface area (Å²) < 4.78 is 9.31. The number of likely N-dealkylation sites (tertiary alicyclic amines) is 1. The van der Waals surface area contributed by atoms with Gasteiger partial charge < -0.3 is 24.2 Å². The number of aryl methyl sites for hydroxylation is 1. The number of carbonyl (C=O) groups is 1. The fourth-order valence-corrected chi connectivity index (χ4v) is 5.41. The Labute approximate surface area is 214 Å². The molecule has 0 saturated carbocycles. The van der Waals surface area contributed by atoms with E-state index in [-0.39, 0.29) is 11.8 Å². The number of hydrogen-bond donors (Lipinski definition) is 1. The summed E-state index contributed by atoms with van der Waals surface area (Å²) in [6.07, 6.45) is 5.17. The summed E-state index contributed by atoms with van der Waals surface area (Å²) in [6.45, 7) is 7.44. The minimum atomic E-state index is -0.746. The molecule has 0 unspecified atom stereocenters. The standard InChI is InChI=1S/C26H32N8O3/c1-26(2,36)17-7-10-33(11-8-17)25(35)24-28-20-22(31(24)3)29-21(30-23(20)32-13-15-37-16-14-32)18-5-4-6-19-27-9-12-34(18)19/h4-6,9,12,17,36H,7-8,10-11,13-16H2,1-3H3. The predicted molar refractivity (Wildman–Crippen MR) is 138 cm³/mol. The summed E-state index contributed by atoms with van der Waals surface area (Å²) in [7, 11) is 1.84. The van der Waals surface area contributed by atoms with Crippen molar-refractivity contribution in [3.8, 4) is 11.5 Å². The lowest BCUT2D eigenvalue weighted by atomic mass is 9.83. The highest BCUT2D eigenvalue weighted by molar-refractivity contribution is 5.97. The number of amides is 1. The van der Waals surface area contributed by atoms with Crippen molar-refractivity contribution in [2.75, 3.05) is 44.3 Å². The molecular weight excluding hydrogens is 472 g/mol. The topological polar surface area (TPSA) is 114 Å². The number of morpholine rings is 1. The van der Waals surface area contributed by atoms with Crippen LogP contribution in [-0.4, -0.2) is 89.8 Å². The number of nitrogens with zero attached hydrogens (tertiary/aromatic N) is 8. The van der Waals surface area contributed by atoms with Crippen LogP contribution in [0.25, 0.3) is 28.3 Å². The summed E-state index contributed by atoms with van der Waals surface area (Å²) >= 11 is 0. The number of pyridine rings is 1. The Morgan fingerprint density at radius 3 is 2.57 bits per heavy atom. The quantitative estimate of drug-likeness (QED) is 0.450. The summed E-state index contributed by atoms with van der Waals surface area (Å²) in [5.41, 5.74) is 2.10. The summed E-state index contributed by atoms with van der Waals surface area (Å²) in [6, 6.07) is 5.84. The Morgan fingerprint density at radius 1 is 1.08 bits per heavy atom. The fourth-order valence-electron chi connectivity index (χ4n) is 5.41. The number of ether oxygens (including phenoxy) is 1. The highest BCUT2D eigenvalue weighted by Gasteiger charge is 2.34. The molecule has 2 saturated heterocycles. The minimum absolute atomic E-state index is 0.124. The maximum atomic E-state index is 13.6. The zero-order valence-electron chi connectivity index (χ0n) is 21.5. The molecule has 6 heterocycles. The van der Waals surface area contributed by atoms with Crippen molar-refractivity contribution in [3.05, 3.63) is 36.4 Å². The molecule has 0 aliphatic carbocycles. The molecule has 0 bridgehead atoms. The van der Waals surface area contributed by atoms with Crippen LogP contribution in [0.2, 0.25) is 0 Å². The molecule has 1 N–H and O–H groups in total. The highest BCUT2D eigenvalue weighted by atomic mass is 16.5. The molecule has 2 fully saturated rings. The number of aliphatic hydroxyl groups is 1. The summed E-state index contributed by atoms with van der Waals surface area (Å²) in [4.78, 5) is 36.7. The van der Waals surface area contributed by atoms with E-state index >= 15 is 0 Å². The Morgan fingerprint density at radius 2 is 1.84 bits per heavy atom. The molecule has 6 rings (SSSR count). The number of rotatable bonds is 4. The Kier molecular flexibility index (Phi) is 5.84. The zero-order chi connectivity index (χ0) is 25.7. The normalized spacial score (nSPS) is 17.7. The van der Waals surface area contributed by atoms with E-state index in [1.54, 1.807) is 10.8 Å². The number of imidazole rings is 2. The van der Waals surface area contributed by atoms with Crippen LogP contribution in [0.15, 0.2) is 30.6 Å². The van der Waals surface area contributed by atoms with Crippen molar-refractivity contribution in [2.45, 2.75) is 32.3 Å². The summed E-state index contributed by atoms with van der Waals surface area (Å²) in [5, 5.41) is 10.4. The molecule has 0 atom stereocenters. The second kappa shape index (κ2) is 9.07. The first-order valence-electron chi connectivity index (χ1n) is 12.8. The van der Waals surface area contributed by atoms with Gasteiger partial charge in [0.25, 0.3) is 5.91 Å². The van der Waals surface area contributed by atoms with Crippen molar-refractivity contribution >= 4 is 28.5 Å². The van der Waals surface area contributed by atoms with Gasteiger partial charge in [0.15, 0.2) is 22.8 Å². The molecule has 4 aromatic heterocycles. The van der Waals surface area contributed by atoms with Gasteiger partial charge in [0.2, 0.25) is 5.82 Å². The van der Waals surface area contributed by atoms with Gasteiger partial charge in [-0.3, -0.25) is 9.20 Å². The molecule has 0 spiro atoms. The highest BCUT2D eigenvalue weighted by Crippen LogP contribution is 2.31. The van der Waals surface area contributed by atoms with E-state index in [4.69, 9.17) is 19.7 Å². The molecule has 194 valence electrons. The van der Waals surface area contributed by atoms with Gasteiger partial charge in [0.05, 0.1) is 24.5 Å². The van der Waals surface area contributed by atoms with Crippen molar-refractivity contribution in [1.82, 2.24) is 33.8 Å². The van der Waals surface area contributed by atoms with Crippen LogP contribution in [0.4, 0.5) is 5.82 Å². The van der Waals surface area contributed by atoms with Crippen molar-refractivity contribution < 1.29 is 14.6 Å². The molecular formula is C26H32N8O3. The Balaban J connectivity index is 1.43. The first-order valence-corrected chi connectivity index (χ1v) is 12.8. The number of anilines is 1. The third-order valence-corrected chi connectivity index (χ3v) is 7.64. The lowest BCUT2D eigenvalue weighted by Gasteiger charge is -2.37. The lowest BCUT2D eigenvalue weighted by molar-refractivity contribution is -0.0110. The van der Waals surface area contributed by atoms with Crippen LogP contribution >= 0.6 is 0 Å². The average Bonchev–Trinajstić information content (AvgIpc) is 3.52. The smallest absolute Gasteiger partial charge is 0.289 e. The molecule has 0 radical (unpaired) electrons. The number of fused-ring (bicyclic) bond motifs is 2. The number of piperidine rings is 1. The Bertz CT molecular complexity index is 1460. The lowest BCUT2D eigenvalue weighted by Crippen LogP contribution is -2.44. The number of aromatic nitrogens is 6. The maximum absolute atomic E-state index is 13.6. The van der Waals surface area contributed by atoms with Crippen LogP contribution in [0.1, 0.15) is 37.3 Å². The van der Waals surface area contributed by atoms with Gasteiger partial charge >= 0.3 is 0 Å². The first-order chi connectivity index (χ1) is 17.8. The number of carbonyl (C=O) groups excluding carboxylic acids is 1. The van der Waals surface area contributed by atoms with E-state index in [1.807, 2.05) is 54.6 Å². The van der Waals surface area contributed by atoms with Crippen LogP contribution in [0.5, 0.6) is 0 Å². The monoisotopic (exact) mass is 504 g/mol. The van der Waals surface area contributed by atoms with Gasteiger partial charge in [-0.15, -0.1) is 0 Å². The van der Waals surface area contributed by atoms with E-state index in [0.717, 1.165) is 24.2 Å². The molecule has 37 heavy (non-hydrogen) atoms. The van der Waals surface area contributed by atoms with Crippen LogP contribution in [0, 0.1) is 5.92 Å². The van der Waals surface area contributed by atoms with Gasteiger partial charge in [-0.05, 0) is 44.7 Å². The van der Waals surface area contributed by atoms with Gasteiger partial charge in [0.1, 0.15) is 5.65 Å². The SMILES string of the molecule is Cn1c(C(=O)N2CCC(C(C)(C)O)CC2)nc2c(N3CCOCC3)nc(-c3cccc4nccn34)nc21. The average molecular weight is 505 g/mol. The van der Waals surface area contributed by atoms with Gasteiger partial charge in [-0.25, -0.2) is 19.9 Å². The van der Waals surface area contributed by atoms with Crippen LogP contribution in [-0.2, 0) is 11.8 Å². The summed E-state index contributed by atoms with van der Waals surface area (Å²) in [5.74, 6) is 1.64.